The number of hydrogen-bond donors (Lipinski definition) is 2. The largest absolute Gasteiger partial charge is 0.395 e. The van der Waals surface area contributed by atoms with Gasteiger partial charge in [0.15, 0.2) is 0 Å². The van der Waals surface area contributed by atoms with E-state index in [-0.39, 0.29) is 25.0 Å². The molecule has 2 amide bonds. The average Bonchev–Trinajstić information content (AvgIpc) is 3.15. The summed E-state index contributed by atoms with van der Waals surface area (Å²) in [6.45, 7) is 7.24. The van der Waals surface area contributed by atoms with Crippen molar-refractivity contribution in [3.63, 3.8) is 0 Å². The highest BCUT2D eigenvalue weighted by atomic mass is 16.5. The maximum absolute atomic E-state index is 13.3. The summed E-state index contributed by atoms with van der Waals surface area (Å²) in [5, 5.41) is 13.6. The molecule has 1 atom stereocenters. The Morgan fingerprint density at radius 2 is 1.97 bits per heavy atom. The molecule has 0 bridgehead atoms. The fraction of sp³-hybridized carbons (Fsp3) is 0.615. The number of benzene rings is 1. The summed E-state index contributed by atoms with van der Waals surface area (Å²) in [5.74, 6) is 1.07. The minimum atomic E-state index is -0.139. The molecule has 2 N–H and O–H groups in total. The summed E-state index contributed by atoms with van der Waals surface area (Å²) >= 11 is 0. The van der Waals surface area contributed by atoms with Gasteiger partial charge in [-0.3, -0.25) is 9.59 Å². The first-order chi connectivity index (χ1) is 16.1. The SMILES string of the molecule is CCNC(=O)CN(CC)C(=O)c1ccc2c(c1)c1c(n2CCO)CCC(C2CCOCC2)C1. The van der Waals surface area contributed by atoms with Gasteiger partial charge in [-0.05, 0) is 81.5 Å². The van der Waals surface area contributed by atoms with Crippen molar-refractivity contribution < 1.29 is 19.4 Å². The van der Waals surface area contributed by atoms with E-state index in [2.05, 4.69) is 9.88 Å². The third kappa shape index (κ3) is 4.94. The normalized spacial score (nSPS) is 18.8. The zero-order chi connectivity index (χ0) is 23.4. The Hall–Kier alpha value is -2.38. The third-order valence-electron chi connectivity index (χ3n) is 7.39. The van der Waals surface area contributed by atoms with Crippen molar-refractivity contribution in [2.45, 2.75) is 52.5 Å². The Kier molecular flexibility index (Phi) is 7.71. The molecule has 1 aliphatic heterocycles. The summed E-state index contributed by atoms with van der Waals surface area (Å²) < 4.78 is 7.82. The summed E-state index contributed by atoms with van der Waals surface area (Å²) in [6.07, 6.45) is 5.45. The predicted octanol–water partition coefficient (Wildman–Crippen LogP) is 2.76. The second-order valence-electron chi connectivity index (χ2n) is 9.26. The second kappa shape index (κ2) is 10.7. The minimum absolute atomic E-state index is 0.0661. The second-order valence-corrected chi connectivity index (χ2v) is 9.26. The van der Waals surface area contributed by atoms with Crippen LogP contribution in [0.2, 0.25) is 0 Å². The lowest BCUT2D eigenvalue weighted by atomic mass is 9.75. The first-order valence-electron chi connectivity index (χ1n) is 12.5. The Bertz CT molecular complexity index is 993. The molecule has 1 aliphatic carbocycles. The highest BCUT2D eigenvalue weighted by Crippen LogP contribution is 2.39. The summed E-state index contributed by atoms with van der Waals surface area (Å²) in [7, 11) is 0. The van der Waals surface area contributed by atoms with Gasteiger partial charge < -0.3 is 24.6 Å². The molecule has 2 aromatic rings. The zero-order valence-electron chi connectivity index (χ0n) is 19.9. The Morgan fingerprint density at radius 1 is 1.18 bits per heavy atom. The quantitative estimate of drug-likeness (QED) is 0.641. The van der Waals surface area contributed by atoms with E-state index in [0.717, 1.165) is 49.8 Å². The van der Waals surface area contributed by atoms with Gasteiger partial charge in [0.1, 0.15) is 0 Å². The van der Waals surface area contributed by atoms with E-state index in [0.29, 0.717) is 37.0 Å². The van der Waals surface area contributed by atoms with E-state index < -0.39 is 0 Å². The number of carbonyl (C=O) groups excluding carboxylic acids is 2. The van der Waals surface area contributed by atoms with Gasteiger partial charge in [-0.2, -0.15) is 0 Å². The molecule has 33 heavy (non-hydrogen) atoms. The lowest BCUT2D eigenvalue weighted by Gasteiger charge is -2.33. The lowest BCUT2D eigenvalue weighted by Crippen LogP contribution is -2.40. The van der Waals surface area contributed by atoms with Crippen molar-refractivity contribution in [3.05, 3.63) is 35.0 Å². The average molecular weight is 456 g/mol. The molecule has 0 saturated carbocycles. The summed E-state index contributed by atoms with van der Waals surface area (Å²) in [6, 6.07) is 5.89. The van der Waals surface area contributed by atoms with Crippen LogP contribution in [0.1, 0.15) is 54.7 Å². The number of ether oxygens (including phenoxy) is 1. The molecule has 1 aromatic heterocycles. The fourth-order valence-corrected chi connectivity index (χ4v) is 5.69. The number of carbonyl (C=O) groups is 2. The molecular formula is C26H37N3O4. The number of nitrogens with zero attached hydrogens (tertiary/aromatic N) is 2. The Morgan fingerprint density at radius 3 is 2.67 bits per heavy atom. The maximum Gasteiger partial charge on any atom is 0.254 e. The molecule has 180 valence electrons. The number of fused-ring (bicyclic) bond motifs is 3. The minimum Gasteiger partial charge on any atom is -0.395 e. The van der Waals surface area contributed by atoms with Crippen LogP contribution >= 0.6 is 0 Å². The highest BCUT2D eigenvalue weighted by Gasteiger charge is 2.31. The van der Waals surface area contributed by atoms with E-state index >= 15 is 0 Å². The number of amides is 2. The van der Waals surface area contributed by atoms with Crippen molar-refractivity contribution >= 4 is 22.7 Å². The summed E-state index contributed by atoms with van der Waals surface area (Å²) in [5.41, 5.74) is 4.35. The first kappa shape index (κ1) is 23.8. The van der Waals surface area contributed by atoms with Crippen molar-refractivity contribution in [2.24, 2.45) is 11.8 Å². The van der Waals surface area contributed by atoms with E-state index in [1.165, 1.54) is 17.7 Å². The zero-order valence-corrected chi connectivity index (χ0v) is 19.9. The third-order valence-corrected chi connectivity index (χ3v) is 7.39. The standard InChI is InChI=1S/C26H37N3O4/c1-3-27-25(31)17-28(4-2)26(32)20-6-8-24-22(16-20)21-15-19(18-9-13-33-14-10-18)5-7-23(21)29(24)11-12-30/h6,8,16,18-19,30H,3-5,7,9-15,17H2,1-2H3,(H,27,31). The molecule has 0 radical (unpaired) electrons. The number of hydrogen-bond acceptors (Lipinski definition) is 4. The highest BCUT2D eigenvalue weighted by molar-refractivity contribution is 6.00. The van der Waals surface area contributed by atoms with Crippen LogP contribution in [0.4, 0.5) is 0 Å². The monoisotopic (exact) mass is 455 g/mol. The number of aliphatic hydroxyl groups excluding tert-OH is 1. The van der Waals surface area contributed by atoms with Crippen LogP contribution in [-0.4, -0.2) is 65.8 Å². The Labute approximate surface area is 196 Å². The molecule has 7 heteroatoms. The number of aromatic nitrogens is 1. The molecule has 1 aromatic carbocycles. The van der Waals surface area contributed by atoms with Crippen LogP contribution in [0.3, 0.4) is 0 Å². The van der Waals surface area contributed by atoms with Gasteiger partial charge in [-0.1, -0.05) is 0 Å². The number of nitrogens with one attached hydrogen (secondary N) is 1. The van der Waals surface area contributed by atoms with Gasteiger partial charge in [0.25, 0.3) is 5.91 Å². The van der Waals surface area contributed by atoms with E-state index in [1.54, 1.807) is 4.90 Å². The van der Waals surface area contributed by atoms with Gasteiger partial charge in [0.05, 0.1) is 13.2 Å². The molecule has 2 heterocycles. The fourth-order valence-electron chi connectivity index (χ4n) is 5.69. The van der Waals surface area contributed by atoms with E-state index in [4.69, 9.17) is 4.74 Å². The van der Waals surface area contributed by atoms with E-state index in [9.17, 15) is 14.7 Å². The number of rotatable bonds is 8. The predicted molar refractivity (Wildman–Crippen MR) is 128 cm³/mol. The van der Waals surface area contributed by atoms with Crippen LogP contribution in [0, 0.1) is 11.8 Å². The molecule has 0 spiro atoms. The molecule has 2 aliphatic rings. The molecular weight excluding hydrogens is 418 g/mol. The van der Waals surface area contributed by atoms with Crippen LogP contribution in [0.5, 0.6) is 0 Å². The molecule has 1 saturated heterocycles. The van der Waals surface area contributed by atoms with Crippen molar-refractivity contribution in [1.29, 1.82) is 0 Å². The van der Waals surface area contributed by atoms with E-state index in [1.807, 2.05) is 32.0 Å². The van der Waals surface area contributed by atoms with Gasteiger partial charge in [0.2, 0.25) is 5.91 Å². The topological polar surface area (TPSA) is 83.8 Å². The van der Waals surface area contributed by atoms with Gasteiger partial charge >= 0.3 is 0 Å². The van der Waals surface area contributed by atoms with Crippen molar-refractivity contribution in [1.82, 2.24) is 14.8 Å². The maximum atomic E-state index is 13.3. The van der Waals surface area contributed by atoms with Crippen molar-refractivity contribution in [3.8, 4) is 0 Å². The van der Waals surface area contributed by atoms with Gasteiger partial charge in [0, 0.05) is 55.0 Å². The number of aliphatic hydroxyl groups is 1. The van der Waals surface area contributed by atoms with Crippen LogP contribution in [0.25, 0.3) is 10.9 Å². The van der Waals surface area contributed by atoms with Crippen molar-refractivity contribution in [2.75, 3.05) is 39.5 Å². The first-order valence-corrected chi connectivity index (χ1v) is 12.5. The van der Waals surface area contributed by atoms with Crippen LogP contribution < -0.4 is 5.32 Å². The van der Waals surface area contributed by atoms with Gasteiger partial charge in [-0.15, -0.1) is 0 Å². The lowest BCUT2D eigenvalue weighted by molar-refractivity contribution is -0.121. The van der Waals surface area contributed by atoms with Gasteiger partial charge in [-0.25, -0.2) is 0 Å². The molecule has 4 rings (SSSR count). The van der Waals surface area contributed by atoms with Crippen LogP contribution in [0.15, 0.2) is 18.2 Å². The smallest absolute Gasteiger partial charge is 0.254 e. The van der Waals surface area contributed by atoms with Crippen LogP contribution in [-0.2, 0) is 28.9 Å². The molecule has 7 nitrogen and oxygen atoms in total. The summed E-state index contributed by atoms with van der Waals surface area (Å²) in [4.78, 5) is 26.9. The Balaban J connectivity index is 1.66. The number of likely N-dealkylation sites (N-methyl/N-ethyl adjacent to an activating group) is 2. The molecule has 1 fully saturated rings. The molecule has 1 unspecified atom stereocenters.